The highest BCUT2D eigenvalue weighted by atomic mass is 35.5. The largest absolute Gasteiger partial charge is 0.370 e. The van der Waals surface area contributed by atoms with Gasteiger partial charge >= 0.3 is 0 Å². The number of H-pyrrole nitrogens is 1. The van der Waals surface area contributed by atoms with Gasteiger partial charge in [-0.25, -0.2) is 8.78 Å². The number of ketones is 1. The molecule has 0 aliphatic carbocycles. The van der Waals surface area contributed by atoms with E-state index in [4.69, 9.17) is 17.3 Å². The molecule has 1 aromatic heterocycles. The van der Waals surface area contributed by atoms with Crippen LogP contribution in [0.4, 0.5) is 8.78 Å². The number of carbonyl (C=O) groups is 3. The average Bonchev–Trinajstić information content (AvgIpc) is 3.35. The zero-order valence-electron chi connectivity index (χ0n) is 21.3. The fourth-order valence-electron chi connectivity index (χ4n) is 4.45. The van der Waals surface area contributed by atoms with Gasteiger partial charge in [0.2, 0.25) is 11.7 Å². The minimum atomic E-state index is -0.865. The lowest BCUT2D eigenvalue weighted by Crippen LogP contribution is -2.32. The van der Waals surface area contributed by atoms with Crippen molar-refractivity contribution < 1.29 is 23.2 Å². The Bertz CT molecular complexity index is 1560. The van der Waals surface area contributed by atoms with Crippen LogP contribution in [0, 0.1) is 18.6 Å². The Hall–Kier alpha value is -4.30. The third-order valence-electron chi connectivity index (χ3n) is 6.54. The number of aromatic nitrogens is 1. The molecule has 0 saturated heterocycles. The molecule has 1 atom stereocenters. The summed E-state index contributed by atoms with van der Waals surface area (Å²) in [6.07, 6.45) is 1.80. The quantitative estimate of drug-likeness (QED) is 0.221. The summed E-state index contributed by atoms with van der Waals surface area (Å²) in [5.74, 6) is -3.40. The minimum Gasteiger partial charge on any atom is -0.370 e. The number of aryl methyl sites for hydroxylation is 1. The zero-order chi connectivity index (χ0) is 28.3. The van der Waals surface area contributed by atoms with Gasteiger partial charge in [0.05, 0.1) is 23.7 Å². The molecule has 0 spiro atoms. The molecule has 4 N–H and O–H groups in total. The van der Waals surface area contributed by atoms with Crippen molar-refractivity contribution in [1.82, 2.24) is 10.3 Å². The molecule has 0 bridgehead atoms. The van der Waals surface area contributed by atoms with Crippen LogP contribution < -0.4 is 11.1 Å². The molecule has 0 fully saturated rings. The van der Waals surface area contributed by atoms with Crippen molar-refractivity contribution in [3.8, 4) is 11.1 Å². The highest BCUT2D eigenvalue weighted by Gasteiger charge is 2.29. The molecule has 6 nitrogen and oxygen atoms in total. The van der Waals surface area contributed by atoms with Crippen LogP contribution in [0.1, 0.15) is 62.5 Å². The molecule has 200 valence electrons. The maximum Gasteiger partial charge on any atom is 0.253 e. The van der Waals surface area contributed by atoms with Crippen molar-refractivity contribution in [2.24, 2.45) is 5.73 Å². The van der Waals surface area contributed by atoms with E-state index < -0.39 is 35.3 Å². The van der Waals surface area contributed by atoms with Gasteiger partial charge in [-0.1, -0.05) is 54.9 Å². The number of halogens is 3. The van der Waals surface area contributed by atoms with Crippen molar-refractivity contribution in [3.63, 3.8) is 0 Å². The highest BCUT2D eigenvalue weighted by Crippen LogP contribution is 2.35. The predicted molar refractivity (Wildman–Crippen MR) is 146 cm³/mol. The smallest absolute Gasteiger partial charge is 0.253 e. The summed E-state index contributed by atoms with van der Waals surface area (Å²) >= 11 is 6.10. The van der Waals surface area contributed by atoms with Gasteiger partial charge < -0.3 is 16.0 Å². The molecule has 1 unspecified atom stereocenters. The summed E-state index contributed by atoms with van der Waals surface area (Å²) in [5, 5.41) is 3.12. The standard InChI is InChI=1S/C30H26ClF2N3O3/c1-3-17-7-9-18(10-8-17)29(38)28-27(26-16(2)22(32)11-12-23(26)33)21(15-35-28)30(39)36-24(14-25(34)37)19-5-4-6-20(31)13-19/h4-13,15,24,35H,3,14H2,1-2H3,(H2,34,37)(H,36,39). The Balaban J connectivity index is 1.84. The normalized spacial score (nSPS) is 11.7. The first-order valence-corrected chi connectivity index (χ1v) is 12.6. The van der Waals surface area contributed by atoms with Crippen LogP contribution in [0.5, 0.6) is 0 Å². The molecule has 0 aliphatic rings. The molecule has 4 rings (SSSR count). The fourth-order valence-corrected chi connectivity index (χ4v) is 4.65. The zero-order valence-corrected chi connectivity index (χ0v) is 22.0. The van der Waals surface area contributed by atoms with Crippen LogP contribution in [0.15, 0.2) is 66.9 Å². The monoisotopic (exact) mass is 549 g/mol. The second-order valence-corrected chi connectivity index (χ2v) is 9.55. The van der Waals surface area contributed by atoms with E-state index in [-0.39, 0.29) is 34.4 Å². The van der Waals surface area contributed by atoms with Gasteiger partial charge in [0.15, 0.2) is 0 Å². The van der Waals surface area contributed by atoms with E-state index in [0.717, 1.165) is 24.1 Å². The molecule has 4 aromatic rings. The molecule has 0 saturated carbocycles. The van der Waals surface area contributed by atoms with Gasteiger partial charge in [-0.15, -0.1) is 0 Å². The Kier molecular flexibility index (Phi) is 8.26. The van der Waals surface area contributed by atoms with Gasteiger partial charge in [0.1, 0.15) is 11.6 Å². The van der Waals surface area contributed by atoms with E-state index in [9.17, 15) is 18.8 Å². The minimum absolute atomic E-state index is 0.0671. The van der Waals surface area contributed by atoms with Crippen molar-refractivity contribution >= 4 is 29.2 Å². The second-order valence-electron chi connectivity index (χ2n) is 9.11. The molecular weight excluding hydrogens is 524 g/mol. The van der Waals surface area contributed by atoms with E-state index in [1.165, 1.54) is 13.1 Å². The predicted octanol–water partition coefficient (Wildman–Crippen LogP) is 6.06. The molecule has 1 heterocycles. The first-order chi connectivity index (χ1) is 18.6. The lowest BCUT2D eigenvalue weighted by Gasteiger charge is -2.19. The number of amides is 2. The number of hydrogen-bond donors (Lipinski definition) is 3. The van der Waals surface area contributed by atoms with E-state index in [2.05, 4.69) is 10.3 Å². The summed E-state index contributed by atoms with van der Waals surface area (Å²) in [6, 6.07) is 14.5. The van der Waals surface area contributed by atoms with Crippen molar-refractivity contribution in [1.29, 1.82) is 0 Å². The number of hydrogen-bond acceptors (Lipinski definition) is 3. The van der Waals surface area contributed by atoms with Crippen LogP contribution >= 0.6 is 11.6 Å². The second kappa shape index (κ2) is 11.6. The number of nitrogens with two attached hydrogens (primary N) is 1. The first-order valence-electron chi connectivity index (χ1n) is 12.2. The third kappa shape index (κ3) is 5.91. The van der Waals surface area contributed by atoms with Crippen LogP contribution in [0.25, 0.3) is 11.1 Å². The third-order valence-corrected chi connectivity index (χ3v) is 6.77. The van der Waals surface area contributed by atoms with Crippen molar-refractivity contribution in [3.05, 3.63) is 117 Å². The molecule has 0 radical (unpaired) electrons. The molecule has 9 heteroatoms. The highest BCUT2D eigenvalue weighted by molar-refractivity contribution is 6.30. The molecule has 0 aliphatic heterocycles. The summed E-state index contributed by atoms with van der Waals surface area (Å²) in [6.45, 7) is 3.35. The number of carbonyl (C=O) groups excluding carboxylic acids is 3. The summed E-state index contributed by atoms with van der Waals surface area (Å²) in [5.41, 5.74) is 6.72. The van der Waals surface area contributed by atoms with Gasteiger partial charge in [0.25, 0.3) is 5.91 Å². The molecule has 39 heavy (non-hydrogen) atoms. The Morgan fingerprint density at radius 3 is 2.33 bits per heavy atom. The Morgan fingerprint density at radius 2 is 1.69 bits per heavy atom. The first kappa shape index (κ1) is 27.7. The number of nitrogens with one attached hydrogen (secondary N) is 2. The van der Waals surface area contributed by atoms with Crippen molar-refractivity contribution in [2.45, 2.75) is 32.7 Å². The van der Waals surface area contributed by atoms with E-state index in [1.54, 1.807) is 48.5 Å². The topological polar surface area (TPSA) is 105 Å². The van der Waals surface area contributed by atoms with E-state index >= 15 is 4.39 Å². The molecule has 3 aromatic carbocycles. The van der Waals surface area contributed by atoms with Crippen LogP contribution in [-0.2, 0) is 11.2 Å². The van der Waals surface area contributed by atoms with Gasteiger partial charge in [-0.05, 0) is 54.3 Å². The summed E-state index contributed by atoms with van der Waals surface area (Å²) in [4.78, 5) is 41.8. The lowest BCUT2D eigenvalue weighted by atomic mass is 9.92. The number of primary amides is 1. The van der Waals surface area contributed by atoms with Crippen molar-refractivity contribution in [2.75, 3.05) is 0 Å². The number of aromatic amines is 1. The maximum atomic E-state index is 15.2. The van der Waals surface area contributed by atoms with Crippen LogP contribution in [0.3, 0.4) is 0 Å². The number of rotatable bonds is 9. The summed E-state index contributed by atoms with van der Waals surface area (Å²) in [7, 11) is 0. The van der Waals surface area contributed by atoms with E-state index in [0.29, 0.717) is 16.1 Å². The lowest BCUT2D eigenvalue weighted by molar-refractivity contribution is -0.118. The van der Waals surface area contributed by atoms with E-state index in [1.807, 2.05) is 6.92 Å². The fraction of sp³-hybridized carbons (Fsp3) is 0.167. The summed E-state index contributed by atoms with van der Waals surface area (Å²) < 4.78 is 29.8. The maximum absolute atomic E-state index is 15.2. The van der Waals surface area contributed by atoms with Gasteiger partial charge in [-0.2, -0.15) is 0 Å². The molecular formula is C30H26ClF2N3O3. The SMILES string of the molecule is CCc1ccc(C(=O)c2[nH]cc(C(=O)NC(CC(N)=O)c3cccc(Cl)c3)c2-c2c(F)ccc(F)c2C)cc1. The van der Waals surface area contributed by atoms with Gasteiger partial charge in [0, 0.05) is 27.9 Å². The average molecular weight is 550 g/mol. The molecule has 2 amide bonds. The van der Waals surface area contributed by atoms with Crippen LogP contribution in [-0.4, -0.2) is 22.6 Å². The number of benzene rings is 3. The van der Waals surface area contributed by atoms with Crippen LogP contribution in [0.2, 0.25) is 5.02 Å². The Morgan fingerprint density at radius 1 is 1.00 bits per heavy atom. The Labute approximate surface area is 229 Å². The van der Waals surface area contributed by atoms with Gasteiger partial charge in [-0.3, -0.25) is 14.4 Å².